The molecule has 0 unspecified atom stereocenters. The van der Waals surface area contributed by atoms with Gasteiger partial charge in [-0.2, -0.15) is 0 Å². The molecule has 2 rings (SSSR count). The number of rotatable bonds is 6. The lowest BCUT2D eigenvalue weighted by Gasteiger charge is -2.23. The Bertz CT molecular complexity index is 819. The van der Waals surface area contributed by atoms with Crippen molar-refractivity contribution in [1.29, 1.82) is 0 Å². The van der Waals surface area contributed by atoms with Gasteiger partial charge in [0.25, 0.3) is 5.91 Å². The molecule has 0 fully saturated rings. The Morgan fingerprint density at radius 1 is 1.16 bits per heavy atom. The van der Waals surface area contributed by atoms with E-state index in [4.69, 9.17) is 0 Å². The molecule has 1 atom stereocenters. The molecule has 130 valence electrons. The summed E-state index contributed by atoms with van der Waals surface area (Å²) in [5.74, 6) is -1.16. The van der Waals surface area contributed by atoms with Crippen molar-refractivity contribution in [3.63, 3.8) is 0 Å². The minimum atomic E-state index is -2.70. The first-order valence-electron chi connectivity index (χ1n) is 7.59. The third kappa shape index (κ3) is 4.66. The average molecular weight is 359 g/mol. The second-order valence-corrected chi connectivity index (χ2v) is 9.44. The minimum absolute atomic E-state index is 0.00934. The van der Waals surface area contributed by atoms with Gasteiger partial charge in [0.1, 0.15) is 19.2 Å². The summed E-state index contributed by atoms with van der Waals surface area (Å²) >= 11 is 0. The van der Waals surface area contributed by atoms with Crippen LogP contribution in [0.2, 0.25) is 0 Å². The summed E-state index contributed by atoms with van der Waals surface area (Å²) in [5.41, 5.74) is 0.918. The normalized spacial score (nSPS) is 12.3. The van der Waals surface area contributed by atoms with E-state index in [1.54, 1.807) is 37.6 Å². The third-order valence-electron chi connectivity index (χ3n) is 3.76. The molecule has 0 radical (unpaired) electrons. The van der Waals surface area contributed by atoms with Crippen molar-refractivity contribution < 1.29 is 24.2 Å². The maximum atomic E-state index is 12.6. The SMILES string of the molecule is CP(C)(=O)[C@H](NC(=O)c1ccc(B(O)O)c(C=O)c1)c1ccccc1. The van der Waals surface area contributed by atoms with E-state index < -0.39 is 26.0 Å². The Hall–Kier alpha value is -2.21. The monoisotopic (exact) mass is 359 g/mol. The Balaban J connectivity index is 2.33. The number of carbonyl (C=O) groups is 2. The van der Waals surface area contributed by atoms with Gasteiger partial charge in [-0.15, -0.1) is 0 Å². The lowest BCUT2D eigenvalue weighted by Crippen LogP contribution is -2.34. The van der Waals surface area contributed by atoms with E-state index >= 15 is 0 Å². The highest BCUT2D eigenvalue weighted by Gasteiger charge is 2.27. The Morgan fingerprint density at radius 3 is 2.32 bits per heavy atom. The first kappa shape index (κ1) is 19.1. The largest absolute Gasteiger partial charge is 0.489 e. The van der Waals surface area contributed by atoms with Gasteiger partial charge < -0.3 is 19.9 Å². The fraction of sp³-hybridized carbons (Fsp3) is 0.176. The first-order chi connectivity index (χ1) is 11.7. The standard InChI is InChI=1S/C17H19BNO5P/c1-25(2,24)17(12-6-4-3-5-7-12)19-16(21)13-8-9-15(18(22)23)14(10-13)11-20/h3-11,17,22-23H,1-2H3,(H,19,21)/t17-/m0/s1. The Labute approximate surface area is 146 Å². The lowest BCUT2D eigenvalue weighted by molar-refractivity contribution is 0.0947. The van der Waals surface area contributed by atoms with Gasteiger partial charge in [-0.25, -0.2) is 0 Å². The van der Waals surface area contributed by atoms with Crippen LogP contribution in [0.25, 0.3) is 0 Å². The van der Waals surface area contributed by atoms with Gasteiger partial charge in [0.05, 0.1) is 0 Å². The third-order valence-corrected chi connectivity index (χ3v) is 5.43. The quantitative estimate of drug-likeness (QED) is 0.409. The molecular formula is C17H19BNO5P. The molecule has 6 nitrogen and oxygen atoms in total. The van der Waals surface area contributed by atoms with Gasteiger partial charge in [0, 0.05) is 11.1 Å². The maximum absolute atomic E-state index is 12.6. The van der Waals surface area contributed by atoms with Crippen LogP contribution in [0.4, 0.5) is 0 Å². The van der Waals surface area contributed by atoms with Crippen LogP contribution in [0.1, 0.15) is 32.1 Å². The summed E-state index contributed by atoms with van der Waals surface area (Å²) in [6.07, 6.45) is 0.449. The minimum Gasteiger partial charge on any atom is -0.423 e. The summed E-state index contributed by atoms with van der Waals surface area (Å²) in [5, 5.41) is 21.2. The molecular weight excluding hydrogens is 340 g/mol. The summed E-state index contributed by atoms with van der Waals surface area (Å²) < 4.78 is 12.6. The van der Waals surface area contributed by atoms with Gasteiger partial charge in [0.15, 0.2) is 0 Å². The number of benzene rings is 2. The molecule has 0 aliphatic carbocycles. The van der Waals surface area contributed by atoms with Crippen molar-refractivity contribution in [2.45, 2.75) is 5.78 Å². The predicted molar refractivity (Wildman–Crippen MR) is 97.8 cm³/mol. The average Bonchev–Trinajstić information content (AvgIpc) is 2.58. The second kappa shape index (κ2) is 7.78. The molecule has 25 heavy (non-hydrogen) atoms. The maximum Gasteiger partial charge on any atom is 0.489 e. The highest BCUT2D eigenvalue weighted by atomic mass is 31.2. The molecule has 0 aliphatic rings. The van der Waals surface area contributed by atoms with E-state index in [0.717, 1.165) is 5.56 Å². The molecule has 0 saturated heterocycles. The van der Waals surface area contributed by atoms with E-state index in [2.05, 4.69) is 5.32 Å². The van der Waals surface area contributed by atoms with Crippen LogP contribution >= 0.6 is 7.14 Å². The first-order valence-corrected chi connectivity index (χ1v) is 10.3. The zero-order chi connectivity index (χ0) is 18.6. The van der Waals surface area contributed by atoms with Gasteiger partial charge in [0.2, 0.25) is 0 Å². The van der Waals surface area contributed by atoms with Crippen LogP contribution in [0, 0.1) is 0 Å². The van der Waals surface area contributed by atoms with Crippen molar-refractivity contribution in [1.82, 2.24) is 5.32 Å². The van der Waals surface area contributed by atoms with Gasteiger partial charge in [-0.05, 0) is 36.5 Å². The van der Waals surface area contributed by atoms with Crippen LogP contribution in [-0.4, -0.2) is 42.7 Å². The van der Waals surface area contributed by atoms with Gasteiger partial charge in [-0.1, -0.05) is 36.4 Å². The molecule has 0 aliphatic heterocycles. The highest BCUT2D eigenvalue weighted by molar-refractivity contribution is 7.62. The zero-order valence-electron chi connectivity index (χ0n) is 13.9. The Kier molecular flexibility index (Phi) is 5.95. The van der Waals surface area contributed by atoms with E-state index in [-0.39, 0.29) is 16.6 Å². The van der Waals surface area contributed by atoms with Crippen LogP contribution in [0.3, 0.4) is 0 Å². The molecule has 3 N–H and O–H groups in total. The molecule has 1 amide bonds. The number of hydrogen-bond acceptors (Lipinski definition) is 5. The molecule has 2 aromatic rings. The molecule has 8 heteroatoms. The van der Waals surface area contributed by atoms with Crippen LogP contribution in [0.5, 0.6) is 0 Å². The van der Waals surface area contributed by atoms with Crippen molar-refractivity contribution >= 4 is 31.9 Å². The van der Waals surface area contributed by atoms with Crippen molar-refractivity contribution in [2.24, 2.45) is 0 Å². The van der Waals surface area contributed by atoms with E-state index in [1.165, 1.54) is 18.2 Å². The number of hydrogen-bond donors (Lipinski definition) is 3. The fourth-order valence-electron chi connectivity index (χ4n) is 2.49. The predicted octanol–water partition coefficient (Wildman–Crippen LogP) is 1.23. The molecule has 0 saturated carbocycles. The Morgan fingerprint density at radius 2 is 1.80 bits per heavy atom. The molecule has 0 heterocycles. The summed E-state index contributed by atoms with van der Waals surface area (Å²) in [4.78, 5) is 23.7. The van der Waals surface area contributed by atoms with Crippen molar-refractivity contribution in [3.8, 4) is 0 Å². The molecule has 0 bridgehead atoms. The van der Waals surface area contributed by atoms with E-state index in [1.807, 2.05) is 6.07 Å². The number of carbonyl (C=O) groups excluding carboxylic acids is 2. The van der Waals surface area contributed by atoms with Crippen LogP contribution < -0.4 is 10.8 Å². The lowest BCUT2D eigenvalue weighted by atomic mass is 9.77. The molecule has 2 aromatic carbocycles. The van der Waals surface area contributed by atoms with E-state index in [9.17, 15) is 24.2 Å². The topological polar surface area (TPSA) is 104 Å². The summed E-state index contributed by atoms with van der Waals surface area (Å²) in [7, 11) is -4.50. The number of aldehydes is 1. The number of nitrogens with one attached hydrogen (secondary N) is 1. The smallest absolute Gasteiger partial charge is 0.423 e. The summed E-state index contributed by atoms with van der Waals surface area (Å²) in [6.45, 7) is 3.18. The fourth-order valence-corrected chi connectivity index (χ4v) is 3.81. The van der Waals surface area contributed by atoms with Gasteiger partial charge in [-0.3, -0.25) is 9.59 Å². The molecule has 0 spiro atoms. The highest BCUT2D eigenvalue weighted by Crippen LogP contribution is 2.50. The van der Waals surface area contributed by atoms with Crippen LogP contribution in [-0.2, 0) is 4.57 Å². The second-order valence-electron chi connectivity index (χ2n) is 6.06. The molecule has 0 aromatic heterocycles. The number of amides is 1. The van der Waals surface area contributed by atoms with Crippen molar-refractivity contribution in [3.05, 3.63) is 65.2 Å². The zero-order valence-corrected chi connectivity index (χ0v) is 14.8. The summed E-state index contributed by atoms with van der Waals surface area (Å²) in [6, 6.07) is 13.0. The van der Waals surface area contributed by atoms with E-state index in [0.29, 0.717) is 6.29 Å². The van der Waals surface area contributed by atoms with Crippen molar-refractivity contribution in [2.75, 3.05) is 13.3 Å². The van der Waals surface area contributed by atoms with Gasteiger partial charge >= 0.3 is 7.12 Å². The van der Waals surface area contributed by atoms with Crippen LogP contribution in [0.15, 0.2) is 48.5 Å².